The van der Waals surface area contributed by atoms with E-state index in [2.05, 4.69) is 0 Å². The van der Waals surface area contributed by atoms with Crippen LogP contribution in [0.1, 0.15) is 73.6 Å². The Balaban J connectivity index is 2.51. The molecule has 1 saturated carbocycles. The lowest BCUT2D eigenvalue weighted by atomic mass is 9.77. The molecular formula is C23H34O5. The molecule has 5 heteroatoms. The fraction of sp³-hybridized carbons (Fsp3) is 0.696. The number of carbonyl (C=O) groups excluding carboxylic acids is 3. The quantitative estimate of drug-likeness (QED) is 0.571. The molecule has 1 fully saturated rings. The van der Waals surface area contributed by atoms with E-state index in [1.807, 2.05) is 33.8 Å². The second-order valence-electron chi connectivity index (χ2n) is 9.18. The van der Waals surface area contributed by atoms with E-state index in [1.165, 1.54) is 0 Å². The number of fused-ring (bicyclic) bond motifs is 1. The van der Waals surface area contributed by atoms with E-state index >= 15 is 0 Å². The molecule has 2 rings (SSSR count). The van der Waals surface area contributed by atoms with Crippen LogP contribution in [0.15, 0.2) is 23.3 Å². The molecule has 2 aliphatic rings. The second kappa shape index (κ2) is 8.32. The molecule has 4 atom stereocenters. The number of rotatable bonds is 2. The molecule has 0 heterocycles. The Kier molecular flexibility index (Phi) is 6.70. The SMILES string of the molecule is CCC(=O)O[C@H]1[C@@H](C)C[C@]2(O)C(=O)/C(C)=C/CC(C)(C)C(=O)CC/C(C)=C/[C@@H]12. The molecule has 28 heavy (non-hydrogen) atoms. The van der Waals surface area contributed by atoms with E-state index in [0.29, 0.717) is 24.8 Å². The lowest BCUT2D eigenvalue weighted by Gasteiger charge is -2.31. The third-order valence-electron chi connectivity index (χ3n) is 6.29. The Morgan fingerprint density at radius 2 is 1.89 bits per heavy atom. The summed E-state index contributed by atoms with van der Waals surface area (Å²) in [6, 6.07) is 0. The van der Waals surface area contributed by atoms with Crippen molar-refractivity contribution in [3.63, 3.8) is 0 Å². The maximum absolute atomic E-state index is 13.2. The molecule has 1 N–H and O–H groups in total. The summed E-state index contributed by atoms with van der Waals surface area (Å²) in [5.41, 5.74) is -0.776. The van der Waals surface area contributed by atoms with Gasteiger partial charge >= 0.3 is 5.97 Å². The largest absolute Gasteiger partial charge is 0.461 e. The maximum atomic E-state index is 13.2. The third kappa shape index (κ3) is 4.45. The van der Waals surface area contributed by atoms with E-state index < -0.39 is 23.0 Å². The highest BCUT2D eigenvalue weighted by Crippen LogP contribution is 2.45. The summed E-state index contributed by atoms with van der Waals surface area (Å²) in [6.07, 6.45) is 4.98. The molecule has 0 saturated heterocycles. The summed E-state index contributed by atoms with van der Waals surface area (Å²) in [6.45, 7) is 11.0. The van der Waals surface area contributed by atoms with Gasteiger partial charge in [0.1, 0.15) is 17.5 Å². The monoisotopic (exact) mass is 390 g/mol. The number of carbonyl (C=O) groups is 3. The molecule has 0 spiro atoms. The van der Waals surface area contributed by atoms with Gasteiger partial charge in [-0.3, -0.25) is 14.4 Å². The number of hydrogen-bond acceptors (Lipinski definition) is 5. The van der Waals surface area contributed by atoms with Crippen LogP contribution in [0.25, 0.3) is 0 Å². The van der Waals surface area contributed by atoms with Crippen LogP contribution in [0.3, 0.4) is 0 Å². The van der Waals surface area contributed by atoms with Crippen LogP contribution < -0.4 is 0 Å². The van der Waals surface area contributed by atoms with Crippen LogP contribution in [0, 0.1) is 17.3 Å². The molecular weight excluding hydrogens is 356 g/mol. The van der Waals surface area contributed by atoms with Crippen molar-refractivity contribution in [1.82, 2.24) is 0 Å². The fourth-order valence-corrected chi connectivity index (χ4v) is 4.27. The van der Waals surface area contributed by atoms with Crippen molar-refractivity contribution < 1.29 is 24.2 Å². The third-order valence-corrected chi connectivity index (χ3v) is 6.29. The Bertz CT molecular complexity index is 715. The zero-order valence-corrected chi connectivity index (χ0v) is 18.0. The first-order valence-corrected chi connectivity index (χ1v) is 10.3. The fourth-order valence-electron chi connectivity index (χ4n) is 4.27. The van der Waals surface area contributed by atoms with Gasteiger partial charge in [-0.25, -0.2) is 0 Å². The van der Waals surface area contributed by atoms with Crippen molar-refractivity contribution >= 4 is 17.5 Å². The molecule has 0 unspecified atom stereocenters. The van der Waals surface area contributed by atoms with Crippen LogP contribution in [0.4, 0.5) is 0 Å². The van der Waals surface area contributed by atoms with Gasteiger partial charge in [-0.15, -0.1) is 0 Å². The second-order valence-corrected chi connectivity index (χ2v) is 9.18. The van der Waals surface area contributed by atoms with Crippen LogP contribution >= 0.6 is 0 Å². The summed E-state index contributed by atoms with van der Waals surface area (Å²) in [5, 5.41) is 11.5. The smallest absolute Gasteiger partial charge is 0.305 e. The highest BCUT2D eigenvalue weighted by atomic mass is 16.5. The molecule has 2 aliphatic carbocycles. The first-order valence-electron chi connectivity index (χ1n) is 10.3. The highest BCUT2D eigenvalue weighted by Gasteiger charge is 2.56. The van der Waals surface area contributed by atoms with Crippen LogP contribution in [0.5, 0.6) is 0 Å². The number of ketones is 2. The number of Topliss-reactive ketones (excluding diaryl/α,β-unsaturated/α-hetero) is 2. The Hall–Kier alpha value is -1.75. The zero-order valence-electron chi connectivity index (χ0n) is 18.0. The predicted molar refractivity (Wildman–Crippen MR) is 108 cm³/mol. The molecule has 5 nitrogen and oxygen atoms in total. The topological polar surface area (TPSA) is 80.7 Å². The first kappa shape index (κ1) is 22.5. The molecule has 0 amide bonds. The van der Waals surface area contributed by atoms with E-state index in [0.717, 1.165) is 5.57 Å². The minimum absolute atomic E-state index is 0.144. The van der Waals surface area contributed by atoms with Gasteiger partial charge in [0, 0.05) is 18.3 Å². The van der Waals surface area contributed by atoms with Gasteiger partial charge in [0.05, 0.1) is 5.92 Å². The summed E-state index contributed by atoms with van der Waals surface area (Å²) in [4.78, 5) is 37.8. The van der Waals surface area contributed by atoms with Gasteiger partial charge in [-0.1, -0.05) is 45.4 Å². The van der Waals surface area contributed by atoms with Gasteiger partial charge in [0.25, 0.3) is 0 Å². The summed E-state index contributed by atoms with van der Waals surface area (Å²) < 4.78 is 5.64. The van der Waals surface area contributed by atoms with Gasteiger partial charge in [-0.2, -0.15) is 0 Å². The molecule has 0 aromatic carbocycles. The van der Waals surface area contributed by atoms with Crippen molar-refractivity contribution in [2.24, 2.45) is 17.3 Å². The van der Waals surface area contributed by atoms with Crippen LogP contribution in [0.2, 0.25) is 0 Å². The van der Waals surface area contributed by atoms with E-state index in [1.54, 1.807) is 19.9 Å². The Morgan fingerprint density at radius 3 is 2.50 bits per heavy atom. The summed E-state index contributed by atoms with van der Waals surface area (Å²) >= 11 is 0. The average molecular weight is 391 g/mol. The normalized spacial score (nSPS) is 37.6. The minimum atomic E-state index is -1.60. The molecule has 0 aliphatic heterocycles. The van der Waals surface area contributed by atoms with Gasteiger partial charge in [-0.05, 0) is 44.6 Å². The maximum Gasteiger partial charge on any atom is 0.305 e. The zero-order chi connectivity index (χ0) is 21.3. The van der Waals surface area contributed by atoms with Crippen molar-refractivity contribution in [3.05, 3.63) is 23.3 Å². The number of hydrogen-bond donors (Lipinski definition) is 1. The van der Waals surface area contributed by atoms with Gasteiger partial charge in [0.15, 0.2) is 5.78 Å². The van der Waals surface area contributed by atoms with Crippen molar-refractivity contribution in [1.29, 1.82) is 0 Å². The molecule has 156 valence electrons. The van der Waals surface area contributed by atoms with E-state index in [-0.39, 0.29) is 36.3 Å². The molecule has 0 aromatic heterocycles. The molecule has 0 radical (unpaired) electrons. The molecule has 0 bridgehead atoms. The predicted octanol–water partition coefficient (Wildman–Crippen LogP) is 3.94. The van der Waals surface area contributed by atoms with Crippen LogP contribution in [-0.4, -0.2) is 34.3 Å². The van der Waals surface area contributed by atoms with Crippen molar-refractivity contribution in [3.8, 4) is 0 Å². The van der Waals surface area contributed by atoms with E-state index in [4.69, 9.17) is 4.74 Å². The number of esters is 1. The number of aliphatic hydroxyl groups is 1. The summed E-state index contributed by atoms with van der Waals surface area (Å²) in [5.74, 6) is -1.28. The van der Waals surface area contributed by atoms with E-state index in [9.17, 15) is 19.5 Å². The average Bonchev–Trinajstić information content (AvgIpc) is 2.87. The minimum Gasteiger partial charge on any atom is -0.461 e. The highest BCUT2D eigenvalue weighted by molar-refractivity contribution is 6.02. The first-order chi connectivity index (χ1) is 12.9. The van der Waals surface area contributed by atoms with Gasteiger partial charge < -0.3 is 9.84 Å². The lowest BCUT2D eigenvalue weighted by Crippen LogP contribution is -2.45. The van der Waals surface area contributed by atoms with Crippen molar-refractivity contribution in [2.75, 3.05) is 0 Å². The lowest BCUT2D eigenvalue weighted by molar-refractivity contribution is -0.154. The van der Waals surface area contributed by atoms with Crippen molar-refractivity contribution in [2.45, 2.75) is 85.4 Å². The summed E-state index contributed by atoms with van der Waals surface area (Å²) in [7, 11) is 0. The van der Waals surface area contributed by atoms with Crippen LogP contribution in [-0.2, 0) is 19.1 Å². The standard InChI is InChI=1S/C23H34O5/c1-7-19(25)28-20-16(4)13-23(27)17(20)12-14(2)8-9-18(24)22(5,6)11-10-15(3)21(23)26/h10,12,16-17,20,27H,7-9,11,13H2,1-6H3/b14-12+,15-10+/t16-,17-,20-,23+/m0/s1. The number of ether oxygens (including phenoxy) is 1. The Morgan fingerprint density at radius 1 is 1.25 bits per heavy atom. The molecule has 0 aromatic rings. The Labute approximate surface area is 168 Å². The number of allylic oxidation sites excluding steroid dienone is 2. The van der Waals surface area contributed by atoms with Gasteiger partial charge in [0.2, 0.25) is 0 Å².